The van der Waals surface area contributed by atoms with Crippen molar-refractivity contribution in [1.29, 1.82) is 0 Å². The van der Waals surface area contributed by atoms with Gasteiger partial charge in [-0.1, -0.05) is 18.2 Å². The Bertz CT molecular complexity index is 661. The van der Waals surface area contributed by atoms with Crippen molar-refractivity contribution < 1.29 is 17.9 Å². The number of hydrogen-bond acceptors (Lipinski definition) is 3. The van der Waals surface area contributed by atoms with E-state index < -0.39 is 12.7 Å². The molecule has 1 heterocycles. The summed E-state index contributed by atoms with van der Waals surface area (Å²) in [5.41, 5.74) is 1.06. The maximum absolute atomic E-state index is 12.5. The van der Waals surface area contributed by atoms with Crippen molar-refractivity contribution in [3.05, 3.63) is 29.8 Å². The van der Waals surface area contributed by atoms with Gasteiger partial charge in [0.25, 0.3) is 0 Å². The van der Waals surface area contributed by atoms with Gasteiger partial charge in [0.15, 0.2) is 5.96 Å². The fraction of sp³-hybridized carbons (Fsp3) is 0.650. The van der Waals surface area contributed by atoms with Gasteiger partial charge in [0.05, 0.1) is 13.2 Å². The second-order valence-corrected chi connectivity index (χ2v) is 7.67. The van der Waals surface area contributed by atoms with Crippen LogP contribution in [-0.2, 0) is 6.54 Å². The molecule has 1 aromatic carbocycles. The molecule has 8 heteroatoms. The Balaban J connectivity index is 1.42. The number of rotatable bonds is 8. The summed E-state index contributed by atoms with van der Waals surface area (Å²) in [7, 11) is 1.69. The second kappa shape index (κ2) is 9.49. The standard InChI is InChI=1S/C20H29F3N4O/c1-24-19(25-10-16-8-9-27(12-16)14-20(21,22)23)26-11-17-4-2-3-5-18(17)28-13-15-6-7-15/h2-5,15-16H,6-14H2,1H3,(H2,24,25,26). The number of ether oxygens (including phenoxy) is 1. The summed E-state index contributed by atoms with van der Waals surface area (Å²) in [6, 6.07) is 7.94. The van der Waals surface area contributed by atoms with Crippen molar-refractivity contribution in [3.8, 4) is 5.75 Å². The Morgan fingerprint density at radius 3 is 2.68 bits per heavy atom. The molecule has 2 aliphatic rings. The van der Waals surface area contributed by atoms with Gasteiger partial charge in [0, 0.05) is 32.2 Å². The molecule has 28 heavy (non-hydrogen) atoms. The molecule has 2 fully saturated rings. The van der Waals surface area contributed by atoms with Crippen LogP contribution < -0.4 is 15.4 Å². The Morgan fingerprint density at radius 1 is 1.18 bits per heavy atom. The summed E-state index contributed by atoms with van der Waals surface area (Å²) in [5, 5.41) is 6.50. The van der Waals surface area contributed by atoms with Crippen molar-refractivity contribution in [3.63, 3.8) is 0 Å². The number of nitrogens with zero attached hydrogens (tertiary/aromatic N) is 2. The van der Waals surface area contributed by atoms with Crippen LogP contribution in [0.15, 0.2) is 29.3 Å². The molecule has 5 nitrogen and oxygen atoms in total. The molecular formula is C20H29F3N4O. The summed E-state index contributed by atoms with van der Waals surface area (Å²) in [5.74, 6) is 2.41. The number of benzene rings is 1. The number of para-hydroxylation sites is 1. The Labute approximate surface area is 164 Å². The number of halogens is 3. The first kappa shape index (κ1) is 20.8. The zero-order chi connectivity index (χ0) is 20.0. The zero-order valence-corrected chi connectivity index (χ0v) is 16.3. The minimum absolute atomic E-state index is 0.190. The molecule has 0 radical (unpaired) electrons. The zero-order valence-electron chi connectivity index (χ0n) is 16.3. The van der Waals surface area contributed by atoms with Crippen molar-refractivity contribution in [1.82, 2.24) is 15.5 Å². The lowest BCUT2D eigenvalue weighted by Crippen LogP contribution is -2.40. The fourth-order valence-corrected chi connectivity index (χ4v) is 3.40. The molecule has 0 bridgehead atoms. The van der Waals surface area contributed by atoms with E-state index in [1.165, 1.54) is 17.7 Å². The van der Waals surface area contributed by atoms with Gasteiger partial charge in [-0.05, 0) is 43.7 Å². The maximum Gasteiger partial charge on any atom is 0.401 e. The van der Waals surface area contributed by atoms with Crippen LogP contribution in [-0.4, -0.2) is 56.9 Å². The molecule has 3 rings (SSSR count). The van der Waals surface area contributed by atoms with Crippen LogP contribution in [0.3, 0.4) is 0 Å². The van der Waals surface area contributed by atoms with E-state index in [4.69, 9.17) is 4.74 Å². The number of likely N-dealkylation sites (tertiary alicyclic amines) is 1. The van der Waals surface area contributed by atoms with Crippen LogP contribution in [0, 0.1) is 11.8 Å². The molecule has 1 saturated carbocycles. The average Bonchev–Trinajstić information content (AvgIpc) is 3.39. The lowest BCUT2D eigenvalue weighted by atomic mass is 10.1. The van der Waals surface area contributed by atoms with E-state index in [1.807, 2.05) is 24.3 Å². The number of nitrogens with one attached hydrogen (secondary N) is 2. The average molecular weight is 398 g/mol. The highest BCUT2D eigenvalue weighted by Gasteiger charge is 2.34. The van der Waals surface area contributed by atoms with Gasteiger partial charge in [-0.3, -0.25) is 9.89 Å². The summed E-state index contributed by atoms with van der Waals surface area (Å²) in [4.78, 5) is 5.68. The van der Waals surface area contributed by atoms with E-state index in [-0.39, 0.29) is 5.92 Å². The van der Waals surface area contributed by atoms with E-state index in [1.54, 1.807) is 7.05 Å². The first-order chi connectivity index (χ1) is 13.4. The van der Waals surface area contributed by atoms with Crippen LogP contribution in [0.1, 0.15) is 24.8 Å². The molecule has 1 aliphatic carbocycles. The van der Waals surface area contributed by atoms with E-state index in [2.05, 4.69) is 15.6 Å². The summed E-state index contributed by atoms with van der Waals surface area (Å²) in [6.45, 7) is 2.07. The number of aliphatic imine (C=N–C) groups is 1. The highest BCUT2D eigenvalue weighted by molar-refractivity contribution is 5.79. The monoisotopic (exact) mass is 398 g/mol. The Hall–Kier alpha value is -1.96. The Kier molecular flexibility index (Phi) is 7.04. The van der Waals surface area contributed by atoms with Crippen molar-refractivity contribution in [2.45, 2.75) is 32.0 Å². The smallest absolute Gasteiger partial charge is 0.401 e. The van der Waals surface area contributed by atoms with Gasteiger partial charge in [-0.15, -0.1) is 0 Å². The first-order valence-corrected chi connectivity index (χ1v) is 9.87. The molecule has 1 aromatic rings. The molecule has 2 N–H and O–H groups in total. The second-order valence-electron chi connectivity index (χ2n) is 7.67. The lowest BCUT2D eigenvalue weighted by Gasteiger charge is -2.19. The third kappa shape index (κ3) is 6.89. The Morgan fingerprint density at radius 2 is 1.96 bits per heavy atom. The normalized spacial score (nSPS) is 21.0. The van der Waals surface area contributed by atoms with Crippen LogP contribution in [0.5, 0.6) is 5.75 Å². The number of alkyl halides is 3. The van der Waals surface area contributed by atoms with E-state index >= 15 is 0 Å². The largest absolute Gasteiger partial charge is 0.493 e. The number of guanidine groups is 1. The van der Waals surface area contributed by atoms with Gasteiger partial charge in [-0.2, -0.15) is 13.2 Å². The molecule has 0 amide bonds. The lowest BCUT2D eigenvalue weighted by molar-refractivity contribution is -0.143. The number of hydrogen-bond donors (Lipinski definition) is 2. The third-order valence-electron chi connectivity index (χ3n) is 5.15. The first-order valence-electron chi connectivity index (χ1n) is 9.87. The molecule has 0 aromatic heterocycles. The minimum atomic E-state index is -4.13. The van der Waals surface area contributed by atoms with E-state index in [9.17, 15) is 13.2 Å². The SMILES string of the molecule is CN=C(NCc1ccccc1OCC1CC1)NCC1CCN(CC(F)(F)F)C1. The third-order valence-corrected chi connectivity index (χ3v) is 5.15. The molecule has 156 valence electrons. The van der Waals surface area contributed by atoms with Gasteiger partial charge in [0.1, 0.15) is 5.75 Å². The van der Waals surface area contributed by atoms with Gasteiger partial charge >= 0.3 is 6.18 Å². The summed E-state index contributed by atoms with van der Waals surface area (Å²) >= 11 is 0. The van der Waals surface area contributed by atoms with Crippen molar-refractivity contribution in [2.75, 3.05) is 39.8 Å². The van der Waals surface area contributed by atoms with Gasteiger partial charge in [0.2, 0.25) is 0 Å². The van der Waals surface area contributed by atoms with Crippen molar-refractivity contribution in [2.24, 2.45) is 16.8 Å². The van der Waals surface area contributed by atoms with E-state index in [0.29, 0.717) is 38.1 Å². The predicted molar refractivity (Wildman–Crippen MR) is 103 cm³/mol. The highest BCUT2D eigenvalue weighted by atomic mass is 19.4. The molecule has 1 aliphatic heterocycles. The highest BCUT2D eigenvalue weighted by Crippen LogP contribution is 2.30. The molecule has 1 atom stereocenters. The summed E-state index contributed by atoms with van der Waals surface area (Å²) < 4.78 is 43.4. The predicted octanol–water partition coefficient (Wildman–Crippen LogP) is 3.02. The molecule has 1 unspecified atom stereocenters. The van der Waals surface area contributed by atoms with Crippen molar-refractivity contribution >= 4 is 5.96 Å². The van der Waals surface area contributed by atoms with E-state index in [0.717, 1.165) is 24.3 Å². The topological polar surface area (TPSA) is 48.9 Å². The minimum Gasteiger partial charge on any atom is -0.493 e. The molecule has 0 spiro atoms. The van der Waals surface area contributed by atoms with Crippen LogP contribution in [0.25, 0.3) is 0 Å². The quantitative estimate of drug-likeness (QED) is 0.522. The van der Waals surface area contributed by atoms with Crippen LogP contribution in [0.2, 0.25) is 0 Å². The van der Waals surface area contributed by atoms with Crippen LogP contribution >= 0.6 is 0 Å². The van der Waals surface area contributed by atoms with Gasteiger partial charge < -0.3 is 15.4 Å². The van der Waals surface area contributed by atoms with Gasteiger partial charge in [-0.25, -0.2) is 0 Å². The molecular weight excluding hydrogens is 369 g/mol. The summed E-state index contributed by atoms with van der Waals surface area (Å²) in [6.07, 6.45) is -0.871. The molecule has 1 saturated heterocycles. The van der Waals surface area contributed by atoms with Crippen LogP contribution in [0.4, 0.5) is 13.2 Å². The fourth-order valence-electron chi connectivity index (χ4n) is 3.40. The maximum atomic E-state index is 12.5.